The Balaban J connectivity index is 0.000000493. The monoisotopic (exact) mass is 573 g/mol. The molecule has 41 heavy (non-hydrogen) atoms. The Morgan fingerprint density at radius 2 is 1.71 bits per heavy atom. The third-order valence-corrected chi connectivity index (χ3v) is 6.42. The number of nitrogens with two attached hydrogens (primary N) is 1. The number of aryl methyl sites for hydroxylation is 1. The molecular weight excluding hydrogens is 547 g/mol. The van der Waals surface area contributed by atoms with Crippen LogP contribution in [0, 0.1) is 0 Å². The van der Waals surface area contributed by atoms with Crippen LogP contribution in [0.25, 0.3) is 21.8 Å². The van der Waals surface area contributed by atoms with E-state index in [0.717, 1.165) is 37.3 Å². The molecule has 0 bridgehead atoms. The number of fused-ring (bicyclic) bond motifs is 3. The van der Waals surface area contributed by atoms with E-state index < -0.39 is 18.1 Å². The van der Waals surface area contributed by atoms with Gasteiger partial charge in [0.2, 0.25) is 0 Å². The molecule has 0 atom stereocenters. The Morgan fingerprint density at radius 1 is 1.05 bits per heavy atom. The molecule has 3 heterocycles. The van der Waals surface area contributed by atoms with Crippen LogP contribution in [-0.4, -0.2) is 86.8 Å². The zero-order chi connectivity index (χ0) is 30.1. The number of aliphatic carboxylic acids is 1. The fourth-order valence-electron chi connectivity index (χ4n) is 4.31. The largest absolute Gasteiger partial charge is 0.490 e. The number of amides is 1. The zero-order valence-electron chi connectivity index (χ0n) is 22.3. The van der Waals surface area contributed by atoms with Gasteiger partial charge >= 0.3 is 18.2 Å². The minimum Gasteiger partial charge on any atom is -0.475 e. The number of ketones is 1. The lowest BCUT2D eigenvalue weighted by Gasteiger charge is -2.34. The van der Waals surface area contributed by atoms with Gasteiger partial charge in [-0.2, -0.15) is 23.3 Å². The number of alkyl halides is 3. The Kier molecular flexibility index (Phi) is 8.10. The van der Waals surface area contributed by atoms with Crippen molar-refractivity contribution in [1.29, 1.82) is 0 Å². The lowest BCUT2D eigenvalue weighted by atomic mass is 10.1. The molecule has 0 radical (unpaired) electrons. The number of carbonyl (C=O) groups is 3. The molecule has 2 aromatic carbocycles. The van der Waals surface area contributed by atoms with Gasteiger partial charge in [-0.3, -0.25) is 14.3 Å². The Labute approximate surface area is 231 Å². The molecule has 15 heteroatoms. The number of nitrogens with zero attached hydrogens (tertiary/aromatic N) is 6. The van der Waals surface area contributed by atoms with Crippen LogP contribution in [0.3, 0.4) is 0 Å². The smallest absolute Gasteiger partial charge is 0.475 e. The number of piperazine rings is 1. The quantitative estimate of drug-likeness (QED) is 0.340. The van der Waals surface area contributed by atoms with Crippen molar-refractivity contribution in [3.05, 3.63) is 47.8 Å². The van der Waals surface area contributed by atoms with E-state index in [1.54, 1.807) is 36.1 Å². The van der Waals surface area contributed by atoms with Crippen molar-refractivity contribution >= 4 is 45.2 Å². The highest BCUT2D eigenvalue weighted by Gasteiger charge is 2.38. The van der Waals surface area contributed by atoms with Gasteiger partial charge in [-0.15, -0.1) is 0 Å². The molecule has 12 nitrogen and oxygen atoms in total. The molecule has 1 amide bonds. The van der Waals surface area contributed by atoms with Crippen LogP contribution in [0.5, 0.6) is 11.8 Å². The second kappa shape index (κ2) is 11.4. The molecule has 2 aromatic heterocycles. The number of ether oxygens (including phenoxy) is 1. The molecule has 216 valence electrons. The van der Waals surface area contributed by atoms with E-state index >= 15 is 0 Å². The van der Waals surface area contributed by atoms with Crippen molar-refractivity contribution < 1.29 is 37.4 Å². The zero-order valence-corrected chi connectivity index (χ0v) is 22.3. The summed E-state index contributed by atoms with van der Waals surface area (Å²) in [5, 5.41) is 12.7. The highest BCUT2D eigenvalue weighted by molar-refractivity contribution is 6.11. The lowest BCUT2D eigenvalue weighted by Crippen LogP contribution is -2.44. The van der Waals surface area contributed by atoms with Crippen molar-refractivity contribution in [1.82, 2.24) is 24.6 Å². The standard InChI is InChI=1S/C24H25N7O3.C2HF3O2/c1-14(32)18-12-16(31-10-8-29(2)9-11-31)5-7-19(18)34-24-26-13-15-4-6-17-21(23(25)33)28-30(3)22(17)20(15)27-24;3-2(4,5)1(6)7/h4-7,12-13H,8-11H2,1-3H3,(H2,25,33);(H,6,7). The van der Waals surface area contributed by atoms with Gasteiger partial charge in [0, 0.05) is 55.9 Å². The first-order chi connectivity index (χ1) is 19.3. The molecule has 1 aliphatic heterocycles. The molecule has 4 aromatic rings. The summed E-state index contributed by atoms with van der Waals surface area (Å²) in [4.78, 5) is 46.6. The number of benzene rings is 2. The van der Waals surface area contributed by atoms with Gasteiger partial charge < -0.3 is 25.4 Å². The molecule has 0 saturated carbocycles. The number of rotatable bonds is 5. The topological polar surface area (TPSA) is 157 Å². The van der Waals surface area contributed by atoms with Gasteiger partial charge in [0.15, 0.2) is 11.5 Å². The van der Waals surface area contributed by atoms with E-state index in [-0.39, 0.29) is 17.5 Å². The van der Waals surface area contributed by atoms with Crippen molar-refractivity contribution in [2.45, 2.75) is 13.1 Å². The van der Waals surface area contributed by atoms with E-state index in [1.165, 1.54) is 6.92 Å². The van der Waals surface area contributed by atoms with Crippen LogP contribution in [0.4, 0.5) is 18.9 Å². The van der Waals surface area contributed by atoms with E-state index in [9.17, 15) is 22.8 Å². The summed E-state index contributed by atoms with van der Waals surface area (Å²) in [5.41, 5.74) is 8.33. The molecule has 1 aliphatic rings. The van der Waals surface area contributed by atoms with E-state index in [4.69, 9.17) is 20.4 Å². The maximum atomic E-state index is 12.4. The third-order valence-electron chi connectivity index (χ3n) is 6.42. The molecule has 5 rings (SSSR count). The van der Waals surface area contributed by atoms with Gasteiger partial charge in [-0.05, 0) is 38.2 Å². The van der Waals surface area contributed by atoms with Gasteiger partial charge in [-0.1, -0.05) is 6.07 Å². The first-order valence-electron chi connectivity index (χ1n) is 12.2. The second-order valence-electron chi connectivity index (χ2n) is 9.32. The van der Waals surface area contributed by atoms with Crippen LogP contribution in [0.2, 0.25) is 0 Å². The number of carboxylic acid groups (broad SMARTS) is 1. The number of aromatic nitrogens is 4. The van der Waals surface area contributed by atoms with Crippen molar-refractivity contribution in [2.75, 3.05) is 38.1 Å². The Hall–Kier alpha value is -4.79. The normalized spacial score (nSPS) is 14.0. The number of halogens is 3. The fourth-order valence-corrected chi connectivity index (χ4v) is 4.31. The Bertz CT molecular complexity index is 1650. The maximum Gasteiger partial charge on any atom is 0.490 e. The van der Waals surface area contributed by atoms with E-state index in [2.05, 4.69) is 31.9 Å². The Morgan fingerprint density at radius 3 is 2.29 bits per heavy atom. The highest BCUT2D eigenvalue weighted by Crippen LogP contribution is 2.31. The number of hydrogen-bond acceptors (Lipinski definition) is 9. The van der Waals surface area contributed by atoms with Crippen LogP contribution in [0.15, 0.2) is 36.5 Å². The molecule has 3 N–H and O–H groups in total. The van der Waals surface area contributed by atoms with Crippen LogP contribution >= 0.6 is 0 Å². The van der Waals surface area contributed by atoms with E-state index in [0.29, 0.717) is 27.7 Å². The third kappa shape index (κ3) is 6.35. The van der Waals surface area contributed by atoms with Crippen molar-refractivity contribution in [3.63, 3.8) is 0 Å². The number of anilines is 1. The molecule has 0 aliphatic carbocycles. The number of carbonyl (C=O) groups excluding carboxylic acids is 2. The summed E-state index contributed by atoms with van der Waals surface area (Å²) in [6.07, 6.45) is -3.44. The number of Topliss-reactive ketones (excluding diaryl/α,β-unsaturated/α-hetero) is 1. The summed E-state index contributed by atoms with van der Waals surface area (Å²) in [6.45, 7) is 5.25. The summed E-state index contributed by atoms with van der Waals surface area (Å²) in [5.74, 6) is -3.08. The van der Waals surface area contributed by atoms with E-state index in [1.807, 2.05) is 12.1 Å². The first kappa shape index (κ1) is 29.2. The maximum absolute atomic E-state index is 12.4. The highest BCUT2D eigenvalue weighted by atomic mass is 19.4. The van der Waals surface area contributed by atoms with Gasteiger partial charge in [-0.25, -0.2) is 9.78 Å². The summed E-state index contributed by atoms with van der Waals surface area (Å²) < 4.78 is 39.3. The van der Waals surface area contributed by atoms with Gasteiger partial charge in [0.05, 0.1) is 11.1 Å². The minimum absolute atomic E-state index is 0.0941. The molecule has 1 fully saturated rings. The van der Waals surface area contributed by atoms with Crippen molar-refractivity contribution in [2.24, 2.45) is 12.8 Å². The fraction of sp³-hybridized carbons (Fsp3) is 0.308. The summed E-state index contributed by atoms with van der Waals surface area (Å²) in [6, 6.07) is 9.28. The average molecular weight is 574 g/mol. The molecule has 0 spiro atoms. The number of hydrogen-bond donors (Lipinski definition) is 2. The van der Waals surface area contributed by atoms with Crippen molar-refractivity contribution in [3.8, 4) is 11.8 Å². The average Bonchev–Trinajstić information content (AvgIpc) is 3.26. The van der Waals surface area contributed by atoms with Gasteiger partial charge in [0.1, 0.15) is 11.3 Å². The van der Waals surface area contributed by atoms with Crippen LogP contribution in [0.1, 0.15) is 27.8 Å². The second-order valence-corrected chi connectivity index (χ2v) is 9.32. The summed E-state index contributed by atoms with van der Waals surface area (Å²) in [7, 11) is 3.83. The van der Waals surface area contributed by atoms with Crippen LogP contribution < -0.4 is 15.4 Å². The number of primary amides is 1. The van der Waals surface area contributed by atoms with Gasteiger partial charge in [0.25, 0.3) is 5.91 Å². The molecular formula is C26H26F3N7O5. The lowest BCUT2D eigenvalue weighted by molar-refractivity contribution is -0.192. The molecule has 0 unspecified atom stereocenters. The first-order valence-corrected chi connectivity index (χ1v) is 12.2. The predicted octanol–water partition coefficient (Wildman–Crippen LogP) is 3.00. The summed E-state index contributed by atoms with van der Waals surface area (Å²) >= 11 is 0. The number of carboxylic acids is 1. The number of likely N-dealkylation sites (N-methyl/N-ethyl adjacent to an activating group) is 1. The molecule has 1 saturated heterocycles. The minimum atomic E-state index is -5.08. The SMILES string of the molecule is CC(=O)c1cc(N2CCN(C)CC2)ccc1Oc1ncc2ccc3c(C(N)=O)nn(C)c3c2n1.O=C(O)C(F)(F)F. The van der Waals surface area contributed by atoms with Crippen LogP contribution in [-0.2, 0) is 11.8 Å². The predicted molar refractivity (Wildman–Crippen MR) is 142 cm³/mol.